The van der Waals surface area contributed by atoms with E-state index in [0.29, 0.717) is 19.7 Å². The van der Waals surface area contributed by atoms with Crippen LogP contribution in [0.4, 0.5) is 10.5 Å². The zero-order valence-electron chi connectivity index (χ0n) is 10.6. The molecule has 0 atom stereocenters. The summed E-state index contributed by atoms with van der Waals surface area (Å²) in [6.07, 6.45) is -0.0839. The van der Waals surface area contributed by atoms with Gasteiger partial charge in [0.1, 0.15) is 6.61 Å². The van der Waals surface area contributed by atoms with Gasteiger partial charge in [0.05, 0.1) is 12.2 Å². The minimum Gasteiger partial charge on any atom is -0.448 e. The molecule has 0 aliphatic carbocycles. The van der Waals surface area contributed by atoms with Gasteiger partial charge in [-0.25, -0.2) is 4.79 Å². The Morgan fingerprint density at radius 3 is 2.95 bits per heavy atom. The Morgan fingerprint density at radius 2 is 2.32 bits per heavy atom. The van der Waals surface area contributed by atoms with Crippen molar-refractivity contribution >= 4 is 33.6 Å². The number of aryl methyl sites for hydroxylation is 1. The van der Waals surface area contributed by atoms with Crippen molar-refractivity contribution in [3.8, 4) is 0 Å². The maximum atomic E-state index is 11.8. The highest BCUT2D eigenvalue weighted by Crippen LogP contribution is 2.23. The lowest BCUT2D eigenvalue weighted by molar-refractivity contribution is -0.116. The Bertz CT molecular complexity index is 505. The molecule has 1 aromatic rings. The summed E-state index contributed by atoms with van der Waals surface area (Å²) in [5.74, 6) is -0.121. The number of carbonyl (C=O) groups excluding carboxylic acids is 2. The third-order valence-corrected chi connectivity index (χ3v) is 3.51. The normalized spacial score (nSPS) is 14.4. The first-order chi connectivity index (χ1) is 9.06. The molecule has 6 heteroatoms. The van der Waals surface area contributed by atoms with Gasteiger partial charge in [-0.05, 0) is 40.5 Å². The zero-order chi connectivity index (χ0) is 13.8. The molecule has 102 valence electrons. The number of hydrogen-bond donors (Lipinski definition) is 1. The van der Waals surface area contributed by atoms with Gasteiger partial charge in [-0.3, -0.25) is 4.79 Å². The van der Waals surface area contributed by atoms with E-state index in [4.69, 9.17) is 4.74 Å². The van der Waals surface area contributed by atoms with Crippen molar-refractivity contribution in [1.29, 1.82) is 0 Å². The predicted octanol–water partition coefficient (Wildman–Crippen LogP) is 2.54. The Hall–Kier alpha value is -1.56. The van der Waals surface area contributed by atoms with Crippen molar-refractivity contribution in [3.05, 3.63) is 28.2 Å². The summed E-state index contributed by atoms with van der Waals surface area (Å²) in [6, 6.07) is 5.72. The predicted molar refractivity (Wildman–Crippen MR) is 75.0 cm³/mol. The van der Waals surface area contributed by atoms with Crippen LogP contribution in [0.1, 0.15) is 12.0 Å². The molecule has 1 heterocycles. The summed E-state index contributed by atoms with van der Waals surface area (Å²) >= 11 is 3.40. The number of anilines is 1. The van der Waals surface area contributed by atoms with Crippen molar-refractivity contribution in [3.63, 3.8) is 0 Å². The fourth-order valence-electron chi connectivity index (χ4n) is 1.80. The van der Waals surface area contributed by atoms with E-state index in [1.165, 1.54) is 4.90 Å². The molecule has 0 radical (unpaired) electrons. The molecular formula is C13H15BrN2O3. The SMILES string of the molecule is Cc1ccc(NC(=O)CCN2CCOC2=O)c(Br)c1. The second-order valence-corrected chi connectivity index (χ2v) is 5.24. The first-order valence-electron chi connectivity index (χ1n) is 6.04. The smallest absolute Gasteiger partial charge is 0.409 e. The van der Waals surface area contributed by atoms with E-state index >= 15 is 0 Å². The Balaban J connectivity index is 1.85. The molecule has 0 saturated carbocycles. The average Bonchev–Trinajstić information content (AvgIpc) is 2.76. The van der Waals surface area contributed by atoms with Crippen molar-refractivity contribution in [2.24, 2.45) is 0 Å². The van der Waals surface area contributed by atoms with Gasteiger partial charge in [0, 0.05) is 17.4 Å². The molecule has 1 aliphatic rings. The molecule has 19 heavy (non-hydrogen) atoms. The third-order valence-electron chi connectivity index (χ3n) is 2.85. The first kappa shape index (κ1) is 13.9. The lowest BCUT2D eigenvalue weighted by Crippen LogP contribution is -2.28. The summed E-state index contributed by atoms with van der Waals surface area (Å²) in [6.45, 7) is 3.33. The Labute approximate surface area is 120 Å². The van der Waals surface area contributed by atoms with Crippen molar-refractivity contribution in [2.75, 3.05) is 25.0 Å². The highest BCUT2D eigenvalue weighted by Gasteiger charge is 2.22. The third kappa shape index (κ3) is 3.70. The second kappa shape index (κ2) is 6.06. The summed E-state index contributed by atoms with van der Waals surface area (Å²) in [5, 5.41) is 2.81. The van der Waals surface area contributed by atoms with E-state index in [9.17, 15) is 9.59 Å². The van der Waals surface area contributed by atoms with Crippen LogP contribution >= 0.6 is 15.9 Å². The summed E-state index contributed by atoms with van der Waals surface area (Å²) in [5.41, 5.74) is 1.85. The maximum Gasteiger partial charge on any atom is 0.409 e. The molecule has 0 spiro atoms. The molecule has 0 unspecified atom stereocenters. The topological polar surface area (TPSA) is 58.6 Å². The number of cyclic esters (lactones) is 1. The van der Waals surface area contributed by atoms with Crippen molar-refractivity contribution < 1.29 is 14.3 Å². The van der Waals surface area contributed by atoms with Crippen LogP contribution in [0.15, 0.2) is 22.7 Å². The van der Waals surface area contributed by atoms with Gasteiger partial charge >= 0.3 is 6.09 Å². The number of amides is 2. The Kier molecular flexibility index (Phi) is 4.42. The zero-order valence-corrected chi connectivity index (χ0v) is 12.2. The van der Waals surface area contributed by atoms with Crippen LogP contribution in [-0.4, -0.2) is 36.6 Å². The summed E-state index contributed by atoms with van der Waals surface area (Å²) in [4.78, 5) is 24.5. The van der Waals surface area contributed by atoms with Gasteiger partial charge in [0.15, 0.2) is 0 Å². The van der Waals surface area contributed by atoms with Gasteiger partial charge in [0.2, 0.25) is 5.91 Å². The number of nitrogens with zero attached hydrogens (tertiary/aromatic N) is 1. The van der Waals surface area contributed by atoms with Gasteiger partial charge in [0.25, 0.3) is 0 Å². The van der Waals surface area contributed by atoms with E-state index in [1.807, 2.05) is 25.1 Å². The average molecular weight is 327 g/mol. The molecule has 2 amide bonds. The van der Waals surface area contributed by atoms with Crippen LogP contribution in [0.3, 0.4) is 0 Å². The molecule has 1 aromatic carbocycles. The number of halogens is 1. The molecule has 2 rings (SSSR count). The molecule has 1 N–H and O–H groups in total. The highest BCUT2D eigenvalue weighted by atomic mass is 79.9. The number of ether oxygens (including phenoxy) is 1. The van der Waals surface area contributed by atoms with Gasteiger partial charge in [-0.1, -0.05) is 6.07 Å². The van der Waals surface area contributed by atoms with Crippen LogP contribution in [0.5, 0.6) is 0 Å². The molecule has 1 saturated heterocycles. The molecule has 1 aliphatic heterocycles. The van der Waals surface area contributed by atoms with Crippen LogP contribution in [0.25, 0.3) is 0 Å². The highest BCUT2D eigenvalue weighted by molar-refractivity contribution is 9.10. The largest absolute Gasteiger partial charge is 0.448 e. The number of benzene rings is 1. The molecule has 5 nitrogen and oxygen atoms in total. The number of hydrogen-bond acceptors (Lipinski definition) is 3. The number of rotatable bonds is 4. The monoisotopic (exact) mass is 326 g/mol. The van der Waals surface area contributed by atoms with Gasteiger partial charge in [-0.15, -0.1) is 0 Å². The van der Waals surface area contributed by atoms with Crippen molar-refractivity contribution in [2.45, 2.75) is 13.3 Å². The summed E-state index contributed by atoms with van der Waals surface area (Å²) in [7, 11) is 0. The molecule has 0 bridgehead atoms. The van der Waals surface area contributed by atoms with Crippen LogP contribution < -0.4 is 5.32 Å². The lowest BCUT2D eigenvalue weighted by Gasteiger charge is -2.12. The van der Waals surface area contributed by atoms with E-state index < -0.39 is 0 Å². The number of carbonyl (C=O) groups is 2. The molecule has 0 aromatic heterocycles. The van der Waals surface area contributed by atoms with Gasteiger partial charge in [-0.2, -0.15) is 0 Å². The maximum absolute atomic E-state index is 11.8. The van der Waals surface area contributed by atoms with E-state index in [1.54, 1.807) is 0 Å². The Morgan fingerprint density at radius 1 is 1.53 bits per heavy atom. The first-order valence-corrected chi connectivity index (χ1v) is 6.83. The van der Waals surface area contributed by atoms with Crippen LogP contribution in [-0.2, 0) is 9.53 Å². The van der Waals surface area contributed by atoms with Crippen molar-refractivity contribution in [1.82, 2.24) is 4.90 Å². The summed E-state index contributed by atoms with van der Waals surface area (Å²) < 4.78 is 5.64. The minimum absolute atomic E-state index is 0.121. The minimum atomic E-state index is -0.343. The standard InChI is InChI=1S/C13H15BrN2O3/c1-9-2-3-11(10(14)8-9)15-12(17)4-5-16-6-7-19-13(16)18/h2-3,8H,4-7H2,1H3,(H,15,17). The number of nitrogens with one attached hydrogen (secondary N) is 1. The fraction of sp³-hybridized carbons (Fsp3) is 0.385. The lowest BCUT2D eigenvalue weighted by atomic mass is 10.2. The van der Waals surface area contributed by atoms with E-state index in [-0.39, 0.29) is 18.4 Å². The molecule has 1 fully saturated rings. The van der Waals surface area contributed by atoms with E-state index in [0.717, 1.165) is 15.7 Å². The van der Waals surface area contributed by atoms with Gasteiger partial charge < -0.3 is 15.0 Å². The van der Waals surface area contributed by atoms with Crippen LogP contribution in [0.2, 0.25) is 0 Å². The second-order valence-electron chi connectivity index (χ2n) is 4.38. The van der Waals surface area contributed by atoms with E-state index in [2.05, 4.69) is 21.2 Å². The fourth-order valence-corrected chi connectivity index (χ4v) is 2.39. The quantitative estimate of drug-likeness (QED) is 0.924. The molecular weight excluding hydrogens is 312 g/mol. The van der Waals surface area contributed by atoms with Crippen LogP contribution in [0, 0.1) is 6.92 Å².